The highest BCUT2D eigenvalue weighted by Crippen LogP contribution is 2.40. The van der Waals surface area contributed by atoms with E-state index in [1.165, 1.54) is 0 Å². The zero-order chi connectivity index (χ0) is 21.1. The third-order valence-corrected chi connectivity index (χ3v) is 4.84. The maximum Gasteiger partial charge on any atom is 0.308 e. The maximum atomic E-state index is 11.5. The summed E-state index contributed by atoms with van der Waals surface area (Å²) in [5, 5.41) is 0. The average Bonchev–Trinajstić information content (AvgIpc) is 2.81. The molecule has 4 heteroatoms. The standard InChI is InChI=1S/C26H28O4/c1-2-29-25(27)18-19-28-20-21-30-26(22-12-6-3-7-13-22,23-14-8-4-9-15-23)24-16-10-5-11-17-24/h3-17H,2,18-21H2,1H3. The Morgan fingerprint density at radius 3 is 1.60 bits per heavy atom. The van der Waals surface area contributed by atoms with Gasteiger partial charge in [-0.25, -0.2) is 0 Å². The summed E-state index contributed by atoms with van der Waals surface area (Å²) >= 11 is 0. The molecule has 0 bridgehead atoms. The first-order valence-corrected chi connectivity index (χ1v) is 10.3. The van der Waals surface area contributed by atoms with Gasteiger partial charge in [0.25, 0.3) is 0 Å². The number of benzene rings is 3. The van der Waals surface area contributed by atoms with Crippen LogP contribution in [0.3, 0.4) is 0 Å². The van der Waals surface area contributed by atoms with E-state index in [1.807, 2.05) is 54.6 Å². The molecule has 0 aliphatic rings. The first kappa shape index (κ1) is 21.8. The summed E-state index contributed by atoms with van der Waals surface area (Å²) in [6.07, 6.45) is 0.245. The molecule has 3 aromatic rings. The summed E-state index contributed by atoms with van der Waals surface area (Å²) in [5.74, 6) is -0.245. The van der Waals surface area contributed by atoms with Crippen molar-refractivity contribution in [2.24, 2.45) is 0 Å². The summed E-state index contributed by atoms with van der Waals surface area (Å²) < 4.78 is 17.2. The maximum absolute atomic E-state index is 11.5. The average molecular weight is 405 g/mol. The second-order valence-corrected chi connectivity index (χ2v) is 6.80. The fourth-order valence-corrected chi connectivity index (χ4v) is 3.51. The van der Waals surface area contributed by atoms with Crippen molar-refractivity contribution >= 4 is 5.97 Å². The SMILES string of the molecule is CCOC(=O)CCOCCOC(c1ccccc1)(c1ccccc1)c1ccccc1. The highest BCUT2D eigenvalue weighted by molar-refractivity contribution is 5.69. The Kier molecular flexibility index (Phi) is 8.19. The van der Waals surface area contributed by atoms with Gasteiger partial charge in [0.05, 0.1) is 32.8 Å². The number of esters is 1. The quantitative estimate of drug-likeness (QED) is 0.257. The fraction of sp³-hybridized carbons (Fsp3) is 0.269. The molecule has 0 unspecified atom stereocenters. The predicted molar refractivity (Wildman–Crippen MR) is 117 cm³/mol. The fourth-order valence-electron chi connectivity index (χ4n) is 3.51. The first-order chi connectivity index (χ1) is 14.8. The van der Waals surface area contributed by atoms with E-state index in [1.54, 1.807) is 6.92 Å². The smallest absolute Gasteiger partial charge is 0.308 e. The largest absolute Gasteiger partial charge is 0.466 e. The van der Waals surface area contributed by atoms with Crippen molar-refractivity contribution in [3.05, 3.63) is 108 Å². The Balaban J connectivity index is 1.82. The zero-order valence-corrected chi connectivity index (χ0v) is 17.3. The summed E-state index contributed by atoms with van der Waals surface area (Å²) in [7, 11) is 0. The van der Waals surface area contributed by atoms with Crippen molar-refractivity contribution in [1.29, 1.82) is 0 Å². The third-order valence-electron chi connectivity index (χ3n) is 4.84. The van der Waals surface area contributed by atoms with Crippen molar-refractivity contribution in [1.82, 2.24) is 0 Å². The van der Waals surface area contributed by atoms with Crippen LogP contribution < -0.4 is 0 Å². The number of hydrogen-bond acceptors (Lipinski definition) is 4. The highest BCUT2D eigenvalue weighted by atomic mass is 16.5. The molecular weight excluding hydrogens is 376 g/mol. The Bertz CT molecular complexity index is 782. The molecule has 30 heavy (non-hydrogen) atoms. The van der Waals surface area contributed by atoms with Gasteiger partial charge in [-0.05, 0) is 23.6 Å². The normalized spacial score (nSPS) is 11.2. The van der Waals surface area contributed by atoms with Gasteiger partial charge in [0.2, 0.25) is 0 Å². The number of ether oxygens (including phenoxy) is 3. The molecule has 0 heterocycles. The molecular formula is C26H28O4. The van der Waals surface area contributed by atoms with Gasteiger partial charge < -0.3 is 14.2 Å². The monoisotopic (exact) mass is 404 g/mol. The van der Waals surface area contributed by atoms with Gasteiger partial charge in [0.15, 0.2) is 0 Å². The second-order valence-electron chi connectivity index (χ2n) is 6.80. The van der Waals surface area contributed by atoms with Gasteiger partial charge in [-0.2, -0.15) is 0 Å². The van der Waals surface area contributed by atoms with Gasteiger partial charge in [0.1, 0.15) is 5.60 Å². The van der Waals surface area contributed by atoms with Crippen LogP contribution in [-0.4, -0.2) is 32.4 Å². The van der Waals surface area contributed by atoms with E-state index in [0.29, 0.717) is 26.4 Å². The molecule has 0 atom stereocenters. The van der Waals surface area contributed by atoms with Gasteiger partial charge >= 0.3 is 5.97 Å². The lowest BCUT2D eigenvalue weighted by molar-refractivity contribution is -0.144. The lowest BCUT2D eigenvalue weighted by Gasteiger charge is -2.36. The third kappa shape index (κ3) is 5.35. The van der Waals surface area contributed by atoms with Crippen molar-refractivity contribution in [2.45, 2.75) is 18.9 Å². The minimum absolute atomic E-state index is 0.245. The number of carbonyl (C=O) groups is 1. The first-order valence-electron chi connectivity index (χ1n) is 10.3. The molecule has 0 aliphatic heterocycles. The van der Waals surface area contributed by atoms with E-state index in [0.717, 1.165) is 16.7 Å². The van der Waals surface area contributed by atoms with Crippen LogP contribution in [0.25, 0.3) is 0 Å². The Morgan fingerprint density at radius 2 is 1.17 bits per heavy atom. The number of hydrogen-bond donors (Lipinski definition) is 0. The van der Waals surface area contributed by atoms with Crippen LogP contribution in [0, 0.1) is 0 Å². The summed E-state index contributed by atoms with van der Waals surface area (Å²) in [6, 6.07) is 30.7. The second kappa shape index (κ2) is 11.3. The molecule has 4 nitrogen and oxygen atoms in total. The van der Waals surface area contributed by atoms with Crippen molar-refractivity contribution in [2.75, 3.05) is 26.4 Å². The van der Waals surface area contributed by atoms with Crippen LogP contribution in [0.4, 0.5) is 0 Å². The van der Waals surface area contributed by atoms with Gasteiger partial charge in [0, 0.05) is 0 Å². The van der Waals surface area contributed by atoms with Gasteiger partial charge in [-0.3, -0.25) is 4.79 Å². The molecule has 0 N–H and O–H groups in total. The van der Waals surface area contributed by atoms with E-state index in [2.05, 4.69) is 36.4 Å². The van der Waals surface area contributed by atoms with Crippen LogP contribution in [0.5, 0.6) is 0 Å². The van der Waals surface area contributed by atoms with E-state index in [-0.39, 0.29) is 12.4 Å². The van der Waals surface area contributed by atoms with Crippen LogP contribution in [0.1, 0.15) is 30.0 Å². The topological polar surface area (TPSA) is 44.8 Å². The van der Waals surface area contributed by atoms with Gasteiger partial charge in [-0.1, -0.05) is 91.0 Å². The lowest BCUT2D eigenvalue weighted by Crippen LogP contribution is -2.34. The molecule has 0 spiro atoms. The molecule has 3 aromatic carbocycles. The predicted octanol–water partition coefficient (Wildman–Crippen LogP) is 4.96. The Hall–Kier alpha value is -2.95. The summed E-state index contributed by atoms with van der Waals surface area (Å²) in [4.78, 5) is 11.5. The van der Waals surface area contributed by atoms with Crippen molar-refractivity contribution < 1.29 is 19.0 Å². The molecule has 156 valence electrons. The minimum Gasteiger partial charge on any atom is -0.466 e. The van der Waals surface area contributed by atoms with Crippen molar-refractivity contribution in [3.8, 4) is 0 Å². The number of rotatable bonds is 11. The molecule has 0 aromatic heterocycles. The molecule has 3 rings (SSSR count). The summed E-state index contributed by atoms with van der Waals surface area (Å²) in [6.45, 7) is 3.25. The van der Waals surface area contributed by atoms with Crippen LogP contribution >= 0.6 is 0 Å². The van der Waals surface area contributed by atoms with Gasteiger partial charge in [-0.15, -0.1) is 0 Å². The van der Waals surface area contributed by atoms with E-state index in [4.69, 9.17) is 14.2 Å². The molecule has 0 amide bonds. The van der Waals surface area contributed by atoms with Crippen LogP contribution in [0.2, 0.25) is 0 Å². The van der Waals surface area contributed by atoms with E-state index in [9.17, 15) is 4.79 Å². The lowest BCUT2D eigenvalue weighted by atomic mass is 9.80. The summed E-state index contributed by atoms with van der Waals surface area (Å²) in [5.41, 5.74) is 2.39. The molecule has 0 saturated carbocycles. The Labute approximate surface area is 178 Å². The molecule has 0 saturated heterocycles. The Morgan fingerprint density at radius 1 is 0.700 bits per heavy atom. The van der Waals surface area contributed by atoms with Crippen LogP contribution in [0.15, 0.2) is 91.0 Å². The molecule has 0 aliphatic carbocycles. The van der Waals surface area contributed by atoms with E-state index >= 15 is 0 Å². The van der Waals surface area contributed by atoms with Crippen molar-refractivity contribution in [3.63, 3.8) is 0 Å². The number of carbonyl (C=O) groups excluding carboxylic acids is 1. The van der Waals surface area contributed by atoms with E-state index < -0.39 is 5.60 Å². The zero-order valence-electron chi connectivity index (χ0n) is 17.3. The highest BCUT2D eigenvalue weighted by Gasteiger charge is 2.37. The molecule has 0 radical (unpaired) electrons. The molecule has 0 fully saturated rings. The minimum atomic E-state index is -0.756. The van der Waals surface area contributed by atoms with Crippen LogP contribution in [-0.2, 0) is 24.6 Å².